The molecule has 0 fully saturated rings. The van der Waals surface area contributed by atoms with Crippen molar-refractivity contribution in [3.63, 3.8) is 0 Å². The summed E-state index contributed by atoms with van der Waals surface area (Å²) >= 11 is 0. The van der Waals surface area contributed by atoms with Gasteiger partial charge in [0.2, 0.25) is 0 Å². The van der Waals surface area contributed by atoms with Crippen LogP contribution in [0.3, 0.4) is 0 Å². The van der Waals surface area contributed by atoms with E-state index in [9.17, 15) is 4.39 Å². The predicted molar refractivity (Wildman–Crippen MR) is 108 cm³/mol. The normalized spacial score (nSPS) is 11.4. The van der Waals surface area contributed by atoms with Crippen LogP contribution in [0, 0.1) is 0 Å². The van der Waals surface area contributed by atoms with Gasteiger partial charge >= 0.3 is 0 Å². The van der Waals surface area contributed by atoms with Gasteiger partial charge in [0, 0.05) is 12.3 Å². The highest BCUT2D eigenvalue weighted by Gasteiger charge is 2.45. The summed E-state index contributed by atoms with van der Waals surface area (Å²) in [5, 5.41) is 2.69. The molecule has 0 saturated heterocycles. The van der Waals surface area contributed by atoms with E-state index in [0.717, 1.165) is 24.4 Å². The fourth-order valence-electron chi connectivity index (χ4n) is 3.35. The molecule has 0 saturated carbocycles. The second-order valence-corrected chi connectivity index (χ2v) is 9.70. The Morgan fingerprint density at radius 1 is 0.680 bits per heavy atom. The molecular formula is C22H24FNP+. The van der Waals surface area contributed by atoms with Crippen LogP contribution in [0.25, 0.3) is 0 Å². The van der Waals surface area contributed by atoms with E-state index in [1.54, 1.807) is 0 Å². The first-order valence-electron chi connectivity index (χ1n) is 8.85. The standard InChI is InChI=1S/C22H24FNP/c23-17-9-3-11-19-25(20-12-4-1-5-13-20,21-14-6-2-7-15-21)22-16-8-10-18-24-22/h1-2,4-8,10,12-16,18H,3,9,11,17,19H2/q+1/i23-1. The van der Waals surface area contributed by atoms with Crippen molar-refractivity contribution in [3.05, 3.63) is 85.1 Å². The average molecular weight is 351 g/mol. The highest BCUT2D eigenvalue weighted by Crippen LogP contribution is 2.55. The molecule has 128 valence electrons. The first-order valence-corrected chi connectivity index (χ1v) is 10.8. The minimum absolute atomic E-state index is 0.230. The maximum Gasteiger partial charge on any atom is 0.192 e. The van der Waals surface area contributed by atoms with Crippen molar-refractivity contribution in [3.8, 4) is 0 Å². The van der Waals surface area contributed by atoms with Crippen LogP contribution in [0.15, 0.2) is 85.1 Å². The number of nitrogens with zero attached hydrogens (tertiary/aromatic N) is 1. The summed E-state index contributed by atoms with van der Waals surface area (Å²) in [6.07, 6.45) is 5.49. The van der Waals surface area contributed by atoms with Gasteiger partial charge in [-0.3, -0.25) is 4.39 Å². The minimum atomic E-state index is -1.83. The van der Waals surface area contributed by atoms with Crippen molar-refractivity contribution in [2.75, 3.05) is 12.8 Å². The fraction of sp³-hybridized carbons (Fsp3) is 0.227. The fourth-order valence-corrected chi connectivity index (χ4v) is 7.59. The third-order valence-corrected chi connectivity index (χ3v) is 8.95. The van der Waals surface area contributed by atoms with E-state index < -0.39 is 7.26 Å². The molecule has 0 radical (unpaired) electrons. The van der Waals surface area contributed by atoms with Gasteiger partial charge in [0.1, 0.15) is 17.9 Å². The Bertz CT molecular complexity index is 650. The van der Waals surface area contributed by atoms with Gasteiger partial charge < -0.3 is 0 Å². The van der Waals surface area contributed by atoms with E-state index in [4.69, 9.17) is 4.98 Å². The van der Waals surface area contributed by atoms with E-state index >= 15 is 0 Å². The van der Waals surface area contributed by atoms with Crippen molar-refractivity contribution < 1.29 is 4.39 Å². The van der Waals surface area contributed by atoms with Crippen LogP contribution in [-0.4, -0.2) is 17.8 Å². The second-order valence-electron chi connectivity index (χ2n) is 6.14. The second kappa shape index (κ2) is 8.87. The lowest BCUT2D eigenvalue weighted by Crippen LogP contribution is -2.34. The topological polar surface area (TPSA) is 12.9 Å². The summed E-state index contributed by atoms with van der Waals surface area (Å²) in [6.45, 7) is -0.230. The van der Waals surface area contributed by atoms with Crippen LogP contribution in [0.5, 0.6) is 0 Å². The molecule has 0 aliphatic carbocycles. The highest BCUT2D eigenvalue weighted by atomic mass is 31.2. The molecule has 0 amide bonds. The smallest absolute Gasteiger partial charge is 0.192 e. The molecule has 0 bridgehead atoms. The maximum atomic E-state index is 12.6. The average Bonchev–Trinajstić information content (AvgIpc) is 2.70. The molecular weight excluding hydrogens is 327 g/mol. The summed E-state index contributed by atoms with van der Waals surface area (Å²) in [7, 11) is -1.83. The molecule has 0 aliphatic heterocycles. The maximum absolute atomic E-state index is 12.6. The Balaban J connectivity index is 2.13. The third-order valence-electron chi connectivity index (χ3n) is 4.56. The van der Waals surface area contributed by atoms with Gasteiger partial charge in [0.05, 0.1) is 12.8 Å². The SMILES string of the molecule is [18F]CCCCC[P+](c1ccccc1)(c1ccccc1)c1ccccn1. The summed E-state index contributed by atoms with van der Waals surface area (Å²) in [4.78, 5) is 4.78. The number of alkyl halides is 1. The van der Waals surface area contributed by atoms with Crippen LogP contribution in [0.1, 0.15) is 19.3 Å². The summed E-state index contributed by atoms with van der Waals surface area (Å²) in [6, 6.07) is 27.7. The Kier molecular flexibility index (Phi) is 6.30. The molecule has 3 heteroatoms. The predicted octanol–water partition coefficient (Wildman–Crippen LogP) is 4.52. The van der Waals surface area contributed by atoms with E-state index in [1.807, 2.05) is 12.3 Å². The van der Waals surface area contributed by atoms with Gasteiger partial charge in [-0.05, 0) is 49.6 Å². The number of pyridine rings is 1. The molecule has 0 spiro atoms. The van der Waals surface area contributed by atoms with Crippen LogP contribution in [-0.2, 0) is 0 Å². The summed E-state index contributed by atoms with van der Waals surface area (Å²) in [5.74, 6) is 0. The molecule has 1 heterocycles. The van der Waals surface area contributed by atoms with Crippen LogP contribution in [0.2, 0.25) is 0 Å². The van der Waals surface area contributed by atoms with E-state index in [2.05, 4.69) is 72.8 Å². The molecule has 3 aromatic rings. The number of unbranched alkanes of at least 4 members (excludes halogenated alkanes) is 2. The molecule has 0 aliphatic rings. The first-order chi connectivity index (χ1) is 12.4. The lowest BCUT2D eigenvalue weighted by Gasteiger charge is -2.26. The molecule has 1 nitrogen and oxygen atoms in total. The van der Waals surface area contributed by atoms with Crippen LogP contribution in [0.4, 0.5) is 4.39 Å². The molecule has 2 aromatic carbocycles. The Labute approximate surface area is 150 Å². The third kappa shape index (κ3) is 3.96. The van der Waals surface area contributed by atoms with Gasteiger partial charge in [-0.15, -0.1) is 0 Å². The number of hydrogen-bond donors (Lipinski definition) is 0. The van der Waals surface area contributed by atoms with Gasteiger partial charge in [-0.2, -0.15) is 0 Å². The molecule has 3 rings (SSSR count). The highest BCUT2D eigenvalue weighted by molar-refractivity contribution is 7.95. The van der Waals surface area contributed by atoms with Gasteiger partial charge in [0.15, 0.2) is 5.44 Å². The number of benzene rings is 2. The van der Waals surface area contributed by atoms with Crippen molar-refractivity contribution in [1.29, 1.82) is 0 Å². The first kappa shape index (κ1) is 17.8. The van der Waals surface area contributed by atoms with Crippen LogP contribution >= 0.6 is 7.26 Å². The van der Waals surface area contributed by atoms with Gasteiger partial charge in [0.25, 0.3) is 0 Å². The molecule has 0 N–H and O–H groups in total. The number of rotatable bonds is 8. The zero-order valence-corrected chi connectivity index (χ0v) is 15.3. The Morgan fingerprint density at radius 2 is 1.28 bits per heavy atom. The quantitative estimate of drug-likeness (QED) is 0.430. The Morgan fingerprint density at radius 3 is 1.80 bits per heavy atom. The van der Waals surface area contributed by atoms with Crippen molar-refractivity contribution >= 4 is 23.3 Å². The molecule has 0 unspecified atom stereocenters. The molecule has 0 atom stereocenters. The van der Waals surface area contributed by atoms with Crippen molar-refractivity contribution in [1.82, 2.24) is 4.98 Å². The van der Waals surface area contributed by atoms with Gasteiger partial charge in [-0.25, -0.2) is 4.98 Å². The number of halogens is 1. The molecule has 25 heavy (non-hydrogen) atoms. The number of hydrogen-bond acceptors (Lipinski definition) is 1. The molecule has 1 aromatic heterocycles. The van der Waals surface area contributed by atoms with Crippen molar-refractivity contribution in [2.24, 2.45) is 0 Å². The minimum Gasteiger partial charge on any atom is -0.251 e. The number of aromatic nitrogens is 1. The lowest BCUT2D eigenvalue weighted by molar-refractivity contribution is 0.460. The summed E-state index contributed by atoms with van der Waals surface area (Å²) < 4.78 is 12.6. The van der Waals surface area contributed by atoms with E-state index in [0.29, 0.717) is 6.42 Å². The summed E-state index contributed by atoms with van der Waals surface area (Å²) in [5.41, 5.74) is 1.16. The zero-order valence-electron chi connectivity index (χ0n) is 14.4. The van der Waals surface area contributed by atoms with E-state index in [1.165, 1.54) is 10.6 Å². The lowest BCUT2D eigenvalue weighted by atomic mass is 10.3. The van der Waals surface area contributed by atoms with Crippen LogP contribution < -0.4 is 16.0 Å². The van der Waals surface area contributed by atoms with Gasteiger partial charge in [-0.1, -0.05) is 42.5 Å². The van der Waals surface area contributed by atoms with Crippen molar-refractivity contribution in [2.45, 2.75) is 19.3 Å². The monoisotopic (exact) mass is 351 g/mol. The zero-order chi connectivity index (χ0) is 17.4. The largest absolute Gasteiger partial charge is 0.251 e. The van der Waals surface area contributed by atoms with E-state index in [-0.39, 0.29) is 6.67 Å². The Hall–Kier alpha value is -2.05.